The molecular weight excluding hydrogens is 441 g/mol. The van der Waals surface area contributed by atoms with Gasteiger partial charge in [0.25, 0.3) is 15.9 Å². The minimum Gasteiger partial charge on any atom is -0.368 e. The smallest absolute Gasteiger partial charge is 0.262 e. The monoisotopic (exact) mass is 467 g/mol. The van der Waals surface area contributed by atoms with Crippen LogP contribution in [0.15, 0.2) is 71.6 Å². The van der Waals surface area contributed by atoms with E-state index in [0.29, 0.717) is 43.0 Å². The molecule has 172 valence electrons. The lowest BCUT2D eigenvalue weighted by atomic mass is 10.1. The summed E-state index contributed by atoms with van der Waals surface area (Å²) >= 11 is 0. The number of nitrogens with zero attached hydrogens (tertiary/aromatic N) is 2. The topological polar surface area (TPSA) is 69.7 Å². The van der Waals surface area contributed by atoms with Crippen LogP contribution >= 0.6 is 0 Å². The molecule has 33 heavy (non-hydrogen) atoms. The van der Waals surface area contributed by atoms with Crippen LogP contribution in [0, 0.1) is 19.7 Å². The summed E-state index contributed by atoms with van der Waals surface area (Å²) in [6.45, 7) is 5.91. The van der Waals surface area contributed by atoms with Crippen LogP contribution in [0.1, 0.15) is 21.5 Å². The first-order chi connectivity index (χ1) is 15.7. The third kappa shape index (κ3) is 5.17. The van der Waals surface area contributed by atoms with E-state index in [1.807, 2.05) is 13.0 Å². The van der Waals surface area contributed by atoms with Crippen molar-refractivity contribution in [3.8, 4) is 0 Å². The van der Waals surface area contributed by atoms with E-state index in [2.05, 4.69) is 9.62 Å². The first kappa shape index (κ1) is 22.8. The van der Waals surface area contributed by atoms with Crippen molar-refractivity contribution in [3.63, 3.8) is 0 Å². The van der Waals surface area contributed by atoms with E-state index < -0.39 is 10.0 Å². The highest BCUT2D eigenvalue weighted by Crippen LogP contribution is 2.23. The zero-order valence-corrected chi connectivity index (χ0v) is 19.4. The molecule has 0 bridgehead atoms. The molecule has 0 atom stereocenters. The maximum absolute atomic E-state index is 13.2. The number of carbonyl (C=O) groups is 1. The van der Waals surface area contributed by atoms with Crippen molar-refractivity contribution in [2.24, 2.45) is 0 Å². The number of anilines is 2. The molecule has 0 aromatic heterocycles. The quantitative estimate of drug-likeness (QED) is 0.611. The van der Waals surface area contributed by atoms with Gasteiger partial charge < -0.3 is 9.80 Å². The van der Waals surface area contributed by atoms with Crippen LogP contribution in [0.3, 0.4) is 0 Å². The molecule has 4 rings (SSSR count). The summed E-state index contributed by atoms with van der Waals surface area (Å²) in [6, 6.07) is 18.1. The lowest BCUT2D eigenvalue weighted by molar-refractivity contribution is 0.0747. The fraction of sp³-hybridized carbons (Fsp3) is 0.240. The van der Waals surface area contributed by atoms with Crippen molar-refractivity contribution in [2.75, 3.05) is 35.8 Å². The van der Waals surface area contributed by atoms with E-state index in [9.17, 15) is 17.6 Å². The van der Waals surface area contributed by atoms with Crippen molar-refractivity contribution in [2.45, 2.75) is 18.7 Å². The molecule has 3 aromatic rings. The molecule has 3 aromatic carbocycles. The van der Waals surface area contributed by atoms with Crippen LogP contribution in [-0.4, -0.2) is 45.4 Å². The summed E-state index contributed by atoms with van der Waals surface area (Å²) in [4.78, 5) is 17.1. The largest absolute Gasteiger partial charge is 0.368 e. The van der Waals surface area contributed by atoms with Crippen LogP contribution in [0.5, 0.6) is 0 Å². The molecule has 0 aliphatic carbocycles. The number of piperazine rings is 1. The Bertz CT molecular complexity index is 1270. The lowest BCUT2D eigenvalue weighted by Gasteiger charge is -2.36. The van der Waals surface area contributed by atoms with E-state index in [4.69, 9.17) is 0 Å². The summed E-state index contributed by atoms with van der Waals surface area (Å²) in [5.74, 6) is -0.429. The predicted molar refractivity (Wildman–Crippen MR) is 128 cm³/mol. The second-order valence-corrected chi connectivity index (χ2v) is 9.86. The van der Waals surface area contributed by atoms with Gasteiger partial charge in [0.1, 0.15) is 5.82 Å². The van der Waals surface area contributed by atoms with Gasteiger partial charge in [-0.2, -0.15) is 0 Å². The number of hydrogen-bond acceptors (Lipinski definition) is 4. The number of nitrogens with one attached hydrogen (secondary N) is 1. The normalized spacial score (nSPS) is 14.3. The van der Waals surface area contributed by atoms with Crippen molar-refractivity contribution in [1.82, 2.24) is 4.90 Å². The van der Waals surface area contributed by atoms with Crippen molar-refractivity contribution in [1.29, 1.82) is 0 Å². The maximum atomic E-state index is 13.2. The molecule has 1 N–H and O–H groups in total. The van der Waals surface area contributed by atoms with Gasteiger partial charge in [-0.05, 0) is 73.5 Å². The third-order valence-corrected chi connectivity index (χ3v) is 7.28. The minimum atomic E-state index is -3.78. The Balaban J connectivity index is 1.45. The highest BCUT2D eigenvalue weighted by molar-refractivity contribution is 7.92. The van der Waals surface area contributed by atoms with Crippen LogP contribution in [0.25, 0.3) is 0 Å². The Kier molecular flexibility index (Phi) is 6.37. The van der Waals surface area contributed by atoms with E-state index in [-0.39, 0.29) is 16.6 Å². The third-order valence-electron chi connectivity index (χ3n) is 5.75. The highest BCUT2D eigenvalue weighted by Gasteiger charge is 2.23. The second-order valence-electron chi connectivity index (χ2n) is 8.21. The van der Waals surface area contributed by atoms with Gasteiger partial charge in [-0.25, -0.2) is 12.8 Å². The van der Waals surface area contributed by atoms with Gasteiger partial charge in [0, 0.05) is 43.1 Å². The van der Waals surface area contributed by atoms with Gasteiger partial charge in [-0.1, -0.05) is 18.2 Å². The number of rotatable bonds is 5. The Morgan fingerprint density at radius 3 is 2.30 bits per heavy atom. The van der Waals surface area contributed by atoms with E-state index in [1.165, 1.54) is 12.1 Å². The van der Waals surface area contributed by atoms with E-state index in [0.717, 1.165) is 11.3 Å². The fourth-order valence-corrected chi connectivity index (χ4v) is 5.31. The number of halogens is 1. The molecule has 1 heterocycles. The van der Waals surface area contributed by atoms with Gasteiger partial charge in [0.15, 0.2) is 0 Å². The summed E-state index contributed by atoms with van der Waals surface area (Å²) in [5, 5.41) is 0. The number of aryl methyl sites for hydroxylation is 2. The lowest BCUT2D eigenvalue weighted by Crippen LogP contribution is -2.48. The van der Waals surface area contributed by atoms with Gasteiger partial charge in [-0.15, -0.1) is 0 Å². The Morgan fingerprint density at radius 1 is 0.909 bits per heavy atom. The average Bonchev–Trinajstić information content (AvgIpc) is 2.80. The van der Waals surface area contributed by atoms with Gasteiger partial charge in [0.05, 0.1) is 4.90 Å². The second kappa shape index (κ2) is 9.23. The summed E-state index contributed by atoms with van der Waals surface area (Å²) in [6.07, 6.45) is 0. The molecule has 8 heteroatoms. The van der Waals surface area contributed by atoms with Crippen LogP contribution in [-0.2, 0) is 10.0 Å². The minimum absolute atomic E-state index is 0.151. The Morgan fingerprint density at radius 2 is 1.61 bits per heavy atom. The first-order valence-electron chi connectivity index (χ1n) is 10.7. The number of carbonyl (C=O) groups excluding carboxylic acids is 1. The zero-order chi connectivity index (χ0) is 23.6. The summed E-state index contributed by atoms with van der Waals surface area (Å²) in [5.41, 5.74) is 3.19. The maximum Gasteiger partial charge on any atom is 0.262 e. The molecule has 1 aliphatic rings. The van der Waals surface area contributed by atoms with Gasteiger partial charge in [0.2, 0.25) is 0 Å². The number of sulfonamides is 1. The molecular formula is C25H26FN3O3S. The SMILES string of the molecule is Cc1ccc(C)c(S(=O)(=O)Nc2cccc(C(=O)N3CCN(c4ccc(F)cc4)CC3)c2)c1. The first-order valence-corrected chi connectivity index (χ1v) is 12.2. The Hall–Kier alpha value is -3.39. The highest BCUT2D eigenvalue weighted by atomic mass is 32.2. The Labute approximate surface area is 193 Å². The fourth-order valence-electron chi connectivity index (χ4n) is 3.92. The van der Waals surface area contributed by atoms with Crippen molar-refractivity contribution >= 4 is 27.3 Å². The predicted octanol–water partition coefficient (Wildman–Crippen LogP) is 4.21. The molecule has 0 spiro atoms. The van der Waals surface area contributed by atoms with Gasteiger partial charge in [-0.3, -0.25) is 9.52 Å². The standard InChI is InChI=1S/C25H26FN3O3S/c1-18-6-7-19(2)24(16-18)33(31,32)27-22-5-3-4-20(17-22)25(30)29-14-12-28(13-15-29)23-10-8-21(26)9-11-23/h3-11,16-17,27H,12-15H2,1-2H3. The summed E-state index contributed by atoms with van der Waals surface area (Å²) in [7, 11) is -3.78. The zero-order valence-electron chi connectivity index (χ0n) is 18.6. The van der Waals surface area contributed by atoms with Crippen LogP contribution in [0.4, 0.5) is 15.8 Å². The molecule has 1 amide bonds. The van der Waals surface area contributed by atoms with Crippen LogP contribution < -0.4 is 9.62 Å². The number of benzene rings is 3. The van der Waals surface area contributed by atoms with Crippen molar-refractivity contribution in [3.05, 3.63) is 89.2 Å². The van der Waals surface area contributed by atoms with Crippen molar-refractivity contribution < 1.29 is 17.6 Å². The molecule has 0 radical (unpaired) electrons. The van der Waals surface area contributed by atoms with E-state index >= 15 is 0 Å². The average molecular weight is 468 g/mol. The molecule has 1 aliphatic heterocycles. The molecule has 0 unspecified atom stereocenters. The molecule has 1 saturated heterocycles. The number of hydrogen-bond donors (Lipinski definition) is 1. The van der Waals surface area contributed by atoms with E-state index in [1.54, 1.807) is 60.4 Å². The van der Waals surface area contributed by atoms with Crippen LogP contribution in [0.2, 0.25) is 0 Å². The molecule has 6 nitrogen and oxygen atoms in total. The van der Waals surface area contributed by atoms with Gasteiger partial charge >= 0.3 is 0 Å². The summed E-state index contributed by atoms with van der Waals surface area (Å²) < 4.78 is 41.6. The molecule has 0 saturated carbocycles. The number of amides is 1. The molecule has 1 fully saturated rings.